The Kier molecular flexibility index (Phi) is 13.1. The van der Waals surface area contributed by atoms with Gasteiger partial charge in [0.1, 0.15) is 5.82 Å². The Hall–Kier alpha value is -7.20. The van der Waals surface area contributed by atoms with Crippen LogP contribution in [0.25, 0.3) is 38.8 Å². The van der Waals surface area contributed by atoms with Crippen molar-refractivity contribution in [2.24, 2.45) is 0 Å². The minimum atomic E-state index is -0.387. The summed E-state index contributed by atoms with van der Waals surface area (Å²) in [5, 5.41) is 2.19. The van der Waals surface area contributed by atoms with Gasteiger partial charge in [-0.3, -0.25) is 0 Å². The van der Waals surface area contributed by atoms with Crippen molar-refractivity contribution in [1.29, 1.82) is 0 Å². The third kappa shape index (κ3) is 9.37. The van der Waals surface area contributed by atoms with Gasteiger partial charge in [0, 0.05) is 66.8 Å². The first-order valence-corrected chi connectivity index (χ1v) is 25.5. The standard InChI is InChI=1S/C68H63N4O.Pt/c1-65(2,3)50-34-35-69-64(42-50)72-60-33-30-47(46-22-14-11-15-23-46)36-59(60)58-32-31-56(44-63(58)72)73-57-41-53(68(9,10)49-26-18-13-19-27-49)40-55(43-57)71-45-70(61-28-20-21-29-62(61)71)54-38-51(66(4,5)6)37-52(39-54)67(7,8)48-24-16-12-17-25-48;/h11-42,45H,1-10H3;/q-3;. The van der Waals surface area contributed by atoms with Gasteiger partial charge < -0.3 is 19.1 Å². The Labute approximate surface area is 452 Å². The van der Waals surface area contributed by atoms with Crippen LogP contribution in [0.2, 0.25) is 0 Å². The minimum absolute atomic E-state index is 0. The average Bonchev–Trinajstić information content (AvgIpc) is 3.95. The smallest absolute Gasteiger partial charge is 0.135 e. The van der Waals surface area contributed by atoms with E-state index < -0.39 is 0 Å². The fraction of sp³-hybridized carbons (Fsp3) is 0.206. The van der Waals surface area contributed by atoms with Crippen LogP contribution < -0.4 is 14.5 Å². The van der Waals surface area contributed by atoms with Gasteiger partial charge in [0.05, 0.1) is 0 Å². The number of aromatic nitrogens is 2. The van der Waals surface area contributed by atoms with Crippen molar-refractivity contribution in [3.63, 3.8) is 0 Å². The van der Waals surface area contributed by atoms with E-state index in [-0.39, 0.29) is 42.7 Å². The first-order valence-electron chi connectivity index (χ1n) is 25.5. The second-order valence-electron chi connectivity index (χ2n) is 22.7. The monoisotopic (exact) mass is 1150 g/mol. The number of nitrogens with zero attached hydrogens (tertiary/aromatic N) is 4. The summed E-state index contributed by atoms with van der Waals surface area (Å²) in [6.07, 6.45) is 1.92. The van der Waals surface area contributed by atoms with E-state index in [1.54, 1.807) is 0 Å². The van der Waals surface area contributed by atoms with Crippen LogP contribution >= 0.6 is 0 Å². The summed E-state index contributed by atoms with van der Waals surface area (Å²) in [6, 6.07) is 75.1. The summed E-state index contributed by atoms with van der Waals surface area (Å²) in [5.41, 5.74) is 15.0. The summed E-state index contributed by atoms with van der Waals surface area (Å²) in [5.74, 6) is 2.02. The van der Waals surface area contributed by atoms with Crippen LogP contribution in [0, 0.1) is 18.8 Å². The van der Waals surface area contributed by atoms with E-state index in [4.69, 9.17) is 9.72 Å². The summed E-state index contributed by atoms with van der Waals surface area (Å²) >= 11 is 0. The first-order chi connectivity index (χ1) is 34.9. The maximum Gasteiger partial charge on any atom is 0.135 e. The van der Waals surface area contributed by atoms with Gasteiger partial charge >= 0.3 is 0 Å². The van der Waals surface area contributed by atoms with Crippen molar-refractivity contribution < 1.29 is 25.8 Å². The molecule has 0 unspecified atom stereocenters. The molecule has 0 fully saturated rings. The molecule has 0 aliphatic carbocycles. The Morgan fingerprint density at radius 1 is 0.446 bits per heavy atom. The third-order valence-corrected chi connectivity index (χ3v) is 15.0. The molecule has 8 aromatic carbocycles. The molecule has 0 spiro atoms. The molecule has 3 heterocycles. The van der Waals surface area contributed by atoms with Gasteiger partial charge in [-0.15, -0.1) is 53.6 Å². The number of rotatable bonds is 10. The van der Waals surface area contributed by atoms with Crippen LogP contribution in [0.1, 0.15) is 103 Å². The van der Waals surface area contributed by atoms with E-state index in [2.05, 4.69) is 284 Å². The molecule has 0 radical (unpaired) electrons. The molecule has 374 valence electrons. The first kappa shape index (κ1) is 50.3. The third-order valence-electron chi connectivity index (χ3n) is 15.0. The molecule has 0 amide bonds. The number of hydrogen-bond acceptors (Lipinski definition) is 4. The largest absolute Gasteiger partial charge is 0.509 e. The number of hydrogen-bond donors (Lipinski definition) is 0. The van der Waals surface area contributed by atoms with Crippen LogP contribution in [0.4, 0.5) is 22.7 Å². The summed E-state index contributed by atoms with van der Waals surface area (Å²) in [7, 11) is 0. The molecule has 74 heavy (non-hydrogen) atoms. The summed E-state index contributed by atoms with van der Waals surface area (Å²) in [4.78, 5) is 9.59. The van der Waals surface area contributed by atoms with Crippen LogP contribution in [0.15, 0.2) is 194 Å². The Morgan fingerprint density at radius 2 is 1.03 bits per heavy atom. The molecule has 11 rings (SSSR count). The van der Waals surface area contributed by atoms with Gasteiger partial charge in [-0.25, -0.2) is 4.98 Å². The van der Waals surface area contributed by atoms with Crippen LogP contribution in [0.3, 0.4) is 0 Å². The zero-order chi connectivity index (χ0) is 50.9. The molecule has 5 nitrogen and oxygen atoms in total. The number of fused-ring (bicyclic) bond motifs is 4. The predicted molar refractivity (Wildman–Crippen MR) is 304 cm³/mol. The van der Waals surface area contributed by atoms with Gasteiger partial charge in [0.15, 0.2) is 0 Å². The van der Waals surface area contributed by atoms with Crippen molar-refractivity contribution >= 4 is 44.6 Å². The fourth-order valence-corrected chi connectivity index (χ4v) is 10.3. The number of benzene rings is 8. The number of para-hydroxylation sites is 2. The normalized spacial score (nSPS) is 13.1. The van der Waals surface area contributed by atoms with Gasteiger partial charge in [0.25, 0.3) is 0 Å². The zero-order valence-electron chi connectivity index (χ0n) is 44.1. The Morgan fingerprint density at radius 3 is 1.66 bits per heavy atom. The molecule has 1 aliphatic heterocycles. The van der Waals surface area contributed by atoms with E-state index in [0.29, 0.717) is 11.5 Å². The maximum atomic E-state index is 7.07. The van der Waals surface area contributed by atoms with Crippen molar-refractivity contribution in [3.05, 3.63) is 246 Å². The summed E-state index contributed by atoms with van der Waals surface area (Å²) in [6.45, 7) is 25.1. The van der Waals surface area contributed by atoms with Crippen molar-refractivity contribution in [2.75, 3.05) is 9.80 Å². The fourth-order valence-electron chi connectivity index (χ4n) is 10.3. The van der Waals surface area contributed by atoms with E-state index in [1.807, 2.05) is 12.3 Å². The van der Waals surface area contributed by atoms with E-state index >= 15 is 0 Å². The molecular formula is C68H63N4OPt-3. The molecule has 0 atom stereocenters. The minimum Gasteiger partial charge on any atom is -0.509 e. The number of pyridine rings is 1. The second-order valence-corrected chi connectivity index (χ2v) is 22.7. The molecular weight excluding hydrogens is 1080 g/mol. The summed E-state index contributed by atoms with van der Waals surface area (Å²) < 4.78 is 9.30. The molecule has 0 saturated heterocycles. The topological polar surface area (TPSA) is 33.5 Å². The van der Waals surface area contributed by atoms with Crippen molar-refractivity contribution in [2.45, 2.75) is 90.9 Å². The molecule has 0 bridgehead atoms. The Balaban J connectivity index is 0.00000626. The molecule has 6 heteroatoms. The number of ether oxygens (including phenoxy) is 1. The molecule has 10 aromatic rings. The van der Waals surface area contributed by atoms with Crippen LogP contribution in [-0.4, -0.2) is 9.55 Å². The SMILES string of the molecule is CC(C)(C)c1cc(N2[CH-]N(c3[c-]c(Oc4[c-]c5c(cc4)c4cc(-c6ccccc6)ccc4n5-c4cc(C(C)(C)C)ccn4)cc(C(C)(C)c4ccccc4)c3)c3ccccc32)cc(C(C)(C)c2ccccc2)c1.[Pt]. The zero-order valence-corrected chi connectivity index (χ0v) is 46.3. The second kappa shape index (κ2) is 19.3. The van der Waals surface area contributed by atoms with Gasteiger partial charge in [0.2, 0.25) is 0 Å². The van der Waals surface area contributed by atoms with Crippen LogP contribution in [0.5, 0.6) is 11.5 Å². The van der Waals surface area contributed by atoms with Gasteiger partial charge in [-0.05, 0) is 103 Å². The molecule has 2 aromatic heterocycles. The number of anilines is 4. The van der Waals surface area contributed by atoms with Crippen molar-refractivity contribution in [3.8, 4) is 28.4 Å². The van der Waals surface area contributed by atoms with Gasteiger partial charge in [-0.2, -0.15) is 6.07 Å². The average molecular weight is 1150 g/mol. The molecule has 0 N–H and O–H groups in total. The van der Waals surface area contributed by atoms with E-state index in [0.717, 1.165) is 61.5 Å². The van der Waals surface area contributed by atoms with E-state index in [9.17, 15) is 0 Å². The van der Waals surface area contributed by atoms with Gasteiger partial charge in [-0.1, -0.05) is 196 Å². The quantitative estimate of drug-likeness (QED) is 0.128. The van der Waals surface area contributed by atoms with E-state index in [1.165, 1.54) is 33.4 Å². The van der Waals surface area contributed by atoms with Crippen molar-refractivity contribution in [1.82, 2.24) is 9.55 Å². The van der Waals surface area contributed by atoms with Crippen LogP contribution in [-0.2, 0) is 42.7 Å². The molecule has 1 aliphatic rings. The molecule has 0 saturated carbocycles. The maximum absolute atomic E-state index is 7.07. The predicted octanol–water partition coefficient (Wildman–Crippen LogP) is 17.9. The Bertz CT molecular complexity index is 3660.